The first-order chi connectivity index (χ1) is 6.26. The predicted molar refractivity (Wildman–Crippen MR) is 54.4 cm³/mol. The van der Waals surface area contributed by atoms with Gasteiger partial charge in [0.05, 0.1) is 7.11 Å². The largest absolute Gasteiger partial charge is 0.497 e. The van der Waals surface area contributed by atoms with Gasteiger partial charge in [-0.05, 0) is 31.7 Å². The number of rotatable bonds is 4. The molecule has 0 atom stereocenters. The van der Waals surface area contributed by atoms with E-state index in [0.29, 0.717) is 0 Å². The van der Waals surface area contributed by atoms with E-state index >= 15 is 0 Å². The molecule has 1 radical (unpaired) electrons. The van der Waals surface area contributed by atoms with Crippen LogP contribution in [0.25, 0.3) is 0 Å². The van der Waals surface area contributed by atoms with Gasteiger partial charge in [0.1, 0.15) is 5.75 Å². The van der Waals surface area contributed by atoms with Crippen molar-refractivity contribution in [2.75, 3.05) is 14.2 Å². The molecule has 1 aromatic carbocycles. The van der Waals surface area contributed by atoms with Crippen molar-refractivity contribution in [2.45, 2.75) is 13.5 Å². The second kappa shape index (κ2) is 4.87. The monoisotopic (exact) mass is 178 g/mol. The predicted octanol–water partition coefficient (Wildman–Crippen LogP) is 2.31. The van der Waals surface area contributed by atoms with E-state index in [-0.39, 0.29) is 0 Å². The average molecular weight is 178 g/mol. The van der Waals surface area contributed by atoms with Gasteiger partial charge in [-0.3, -0.25) is 4.90 Å². The lowest BCUT2D eigenvalue weighted by Crippen LogP contribution is -2.12. The summed E-state index contributed by atoms with van der Waals surface area (Å²) in [5.74, 6) is 0.909. The first kappa shape index (κ1) is 10.1. The van der Waals surface area contributed by atoms with Crippen LogP contribution < -0.4 is 4.74 Å². The van der Waals surface area contributed by atoms with E-state index in [9.17, 15) is 0 Å². The van der Waals surface area contributed by atoms with Gasteiger partial charge in [-0.15, -0.1) is 0 Å². The molecule has 1 rings (SSSR count). The molecule has 1 aromatic rings. The van der Waals surface area contributed by atoms with Gasteiger partial charge in [-0.25, -0.2) is 0 Å². The maximum absolute atomic E-state index is 5.08. The number of hydrogen-bond acceptors (Lipinski definition) is 2. The Kier molecular flexibility index (Phi) is 3.77. The molecule has 0 saturated carbocycles. The molecule has 0 fully saturated rings. The van der Waals surface area contributed by atoms with Crippen LogP contribution in [0.3, 0.4) is 0 Å². The molecule has 0 amide bonds. The van der Waals surface area contributed by atoms with Gasteiger partial charge in [0.25, 0.3) is 0 Å². The van der Waals surface area contributed by atoms with Crippen molar-refractivity contribution >= 4 is 0 Å². The first-order valence-corrected chi connectivity index (χ1v) is 4.39. The van der Waals surface area contributed by atoms with Crippen molar-refractivity contribution < 1.29 is 4.74 Å². The van der Waals surface area contributed by atoms with Gasteiger partial charge >= 0.3 is 0 Å². The van der Waals surface area contributed by atoms with Crippen LogP contribution in [0.1, 0.15) is 12.5 Å². The average Bonchev–Trinajstić information content (AvgIpc) is 2.19. The van der Waals surface area contributed by atoms with Crippen LogP contribution in [0.15, 0.2) is 24.3 Å². The van der Waals surface area contributed by atoms with E-state index in [2.05, 4.69) is 30.6 Å². The van der Waals surface area contributed by atoms with Crippen molar-refractivity contribution in [1.82, 2.24) is 4.90 Å². The maximum Gasteiger partial charge on any atom is 0.118 e. The topological polar surface area (TPSA) is 12.5 Å². The first-order valence-electron chi connectivity index (χ1n) is 4.39. The highest BCUT2D eigenvalue weighted by atomic mass is 16.5. The van der Waals surface area contributed by atoms with Gasteiger partial charge in [0.15, 0.2) is 0 Å². The molecule has 0 aliphatic carbocycles. The summed E-state index contributed by atoms with van der Waals surface area (Å²) in [6.07, 6.45) is 0. The van der Waals surface area contributed by atoms with Crippen molar-refractivity contribution in [1.29, 1.82) is 0 Å². The van der Waals surface area contributed by atoms with Gasteiger partial charge in [-0.2, -0.15) is 0 Å². The molecule has 0 spiro atoms. The molecule has 0 N–H and O–H groups in total. The number of nitrogens with zero attached hydrogens (tertiary/aromatic N) is 1. The minimum Gasteiger partial charge on any atom is -0.497 e. The van der Waals surface area contributed by atoms with Crippen LogP contribution in [-0.4, -0.2) is 19.1 Å². The smallest absolute Gasteiger partial charge is 0.118 e. The van der Waals surface area contributed by atoms with E-state index in [1.165, 1.54) is 5.56 Å². The second-order valence-corrected chi connectivity index (χ2v) is 3.02. The Morgan fingerprint density at radius 2 is 1.92 bits per heavy atom. The Labute approximate surface area is 80.1 Å². The fourth-order valence-electron chi connectivity index (χ4n) is 1.11. The van der Waals surface area contributed by atoms with E-state index < -0.39 is 0 Å². The molecule has 2 nitrogen and oxygen atoms in total. The molecule has 0 heterocycles. The lowest BCUT2D eigenvalue weighted by Gasteiger charge is -2.13. The molecule has 0 aliphatic heterocycles. The Morgan fingerprint density at radius 3 is 2.38 bits per heavy atom. The summed E-state index contributed by atoms with van der Waals surface area (Å²) < 4.78 is 5.08. The Morgan fingerprint density at radius 1 is 1.31 bits per heavy atom. The van der Waals surface area contributed by atoms with E-state index in [1.807, 2.05) is 19.1 Å². The van der Waals surface area contributed by atoms with E-state index in [1.54, 1.807) is 7.11 Å². The maximum atomic E-state index is 5.08. The van der Waals surface area contributed by atoms with Gasteiger partial charge in [0, 0.05) is 13.1 Å². The lowest BCUT2D eigenvalue weighted by atomic mass is 10.2. The van der Waals surface area contributed by atoms with Crippen LogP contribution in [0.5, 0.6) is 5.75 Å². The third kappa shape index (κ3) is 3.07. The quantitative estimate of drug-likeness (QED) is 0.701. The summed E-state index contributed by atoms with van der Waals surface area (Å²) >= 11 is 0. The fraction of sp³-hybridized carbons (Fsp3) is 0.364. The van der Waals surface area contributed by atoms with Crippen molar-refractivity contribution in [2.24, 2.45) is 0 Å². The SMILES string of the molecule is C[CH]N(C)Cc1ccc(OC)cc1. The molecule has 0 aromatic heterocycles. The molecule has 71 valence electrons. The highest BCUT2D eigenvalue weighted by Gasteiger charge is 1.97. The van der Waals surface area contributed by atoms with Crippen LogP contribution in [0, 0.1) is 6.54 Å². The zero-order valence-corrected chi connectivity index (χ0v) is 8.45. The van der Waals surface area contributed by atoms with Crippen molar-refractivity contribution in [3.63, 3.8) is 0 Å². The molecular weight excluding hydrogens is 162 g/mol. The van der Waals surface area contributed by atoms with Crippen LogP contribution >= 0.6 is 0 Å². The number of methoxy groups -OCH3 is 1. The summed E-state index contributed by atoms with van der Waals surface area (Å²) in [7, 11) is 3.74. The van der Waals surface area contributed by atoms with Gasteiger partial charge in [-0.1, -0.05) is 12.1 Å². The number of ether oxygens (including phenoxy) is 1. The summed E-state index contributed by atoms with van der Waals surface area (Å²) in [5, 5.41) is 0. The Hall–Kier alpha value is -1.02. The Bertz CT molecular complexity index is 243. The van der Waals surface area contributed by atoms with E-state index in [0.717, 1.165) is 12.3 Å². The number of benzene rings is 1. The molecule has 0 unspecified atom stereocenters. The third-order valence-corrected chi connectivity index (χ3v) is 2.03. The van der Waals surface area contributed by atoms with Crippen LogP contribution in [-0.2, 0) is 6.54 Å². The molecule has 2 heteroatoms. The normalized spacial score (nSPS) is 10.5. The van der Waals surface area contributed by atoms with Gasteiger partial charge in [0.2, 0.25) is 0 Å². The van der Waals surface area contributed by atoms with Crippen molar-refractivity contribution in [3.8, 4) is 5.75 Å². The third-order valence-electron chi connectivity index (χ3n) is 2.03. The highest BCUT2D eigenvalue weighted by Crippen LogP contribution is 2.12. The molecule has 0 saturated heterocycles. The molecule has 0 bridgehead atoms. The van der Waals surface area contributed by atoms with E-state index in [4.69, 9.17) is 4.74 Å². The minimum absolute atomic E-state index is 0.909. The standard InChI is InChI=1S/C11H16NO/c1-4-12(2)9-10-5-7-11(13-3)8-6-10/h4-8H,9H2,1-3H3. The summed E-state index contributed by atoms with van der Waals surface area (Å²) in [6.45, 7) is 5.04. The fourth-order valence-corrected chi connectivity index (χ4v) is 1.11. The van der Waals surface area contributed by atoms with Gasteiger partial charge < -0.3 is 4.74 Å². The summed E-state index contributed by atoms with van der Waals surface area (Å²) in [6, 6.07) is 8.13. The minimum atomic E-state index is 0.909. The summed E-state index contributed by atoms with van der Waals surface area (Å²) in [4.78, 5) is 2.14. The lowest BCUT2D eigenvalue weighted by molar-refractivity contribution is 0.401. The second-order valence-electron chi connectivity index (χ2n) is 3.02. The Balaban J connectivity index is 2.58. The number of hydrogen-bond donors (Lipinski definition) is 0. The summed E-state index contributed by atoms with van der Waals surface area (Å²) in [5.41, 5.74) is 1.29. The molecule has 0 aliphatic rings. The van der Waals surface area contributed by atoms with Crippen LogP contribution in [0.4, 0.5) is 0 Å². The highest BCUT2D eigenvalue weighted by molar-refractivity contribution is 5.27. The zero-order chi connectivity index (χ0) is 9.68. The molecule has 13 heavy (non-hydrogen) atoms. The zero-order valence-electron chi connectivity index (χ0n) is 8.45. The van der Waals surface area contributed by atoms with Crippen molar-refractivity contribution in [3.05, 3.63) is 36.4 Å². The molecular formula is C11H16NO. The van der Waals surface area contributed by atoms with Crippen LogP contribution in [0.2, 0.25) is 0 Å².